The molecule has 0 bridgehead atoms. The van der Waals surface area contributed by atoms with Gasteiger partial charge >= 0.3 is 0 Å². The second kappa shape index (κ2) is 8.07. The summed E-state index contributed by atoms with van der Waals surface area (Å²) in [6.45, 7) is 7.51. The van der Waals surface area contributed by atoms with Gasteiger partial charge in [0.05, 0.1) is 4.90 Å². The molecule has 2 N–H and O–H groups in total. The van der Waals surface area contributed by atoms with Gasteiger partial charge in [-0.1, -0.05) is 13.8 Å². The Balaban J connectivity index is 2.77. The number of aromatic nitrogens is 1. The van der Waals surface area contributed by atoms with Gasteiger partial charge in [-0.2, -0.15) is 11.8 Å². The Morgan fingerprint density at radius 1 is 1.40 bits per heavy atom. The molecule has 116 valence electrons. The summed E-state index contributed by atoms with van der Waals surface area (Å²) in [5, 5.41) is 3.20. The van der Waals surface area contributed by atoms with Gasteiger partial charge < -0.3 is 9.88 Å². The number of hydrogen-bond donors (Lipinski definition) is 2. The second-order valence-electron chi connectivity index (χ2n) is 4.74. The Morgan fingerprint density at radius 3 is 2.70 bits per heavy atom. The molecular weight excluding hydrogens is 294 g/mol. The van der Waals surface area contributed by atoms with Crippen molar-refractivity contribution >= 4 is 21.8 Å². The number of hydrogen-bond acceptors (Lipinski definition) is 4. The van der Waals surface area contributed by atoms with Crippen LogP contribution in [0.4, 0.5) is 0 Å². The van der Waals surface area contributed by atoms with Gasteiger partial charge in [0.1, 0.15) is 0 Å². The van der Waals surface area contributed by atoms with Crippen LogP contribution < -0.4 is 10.0 Å². The van der Waals surface area contributed by atoms with Gasteiger partial charge in [-0.3, -0.25) is 0 Å². The topological polar surface area (TPSA) is 63.1 Å². The molecule has 0 aliphatic heterocycles. The maximum Gasteiger partial charge on any atom is 0.242 e. The number of rotatable bonds is 9. The highest BCUT2D eigenvalue weighted by Crippen LogP contribution is 2.14. The van der Waals surface area contributed by atoms with Crippen LogP contribution in [0.25, 0.3) is 0 Å². The Labute approximate surface area is 126 Å². The SMILES string of the molecule is CCNCc1cc(S(=O)(=O)NC(C)CSCC)cn1C. The molecule has 0 aliphatic rings. The van der Waals surface area contributed by atoms with Gasteiger partial charge in [-0.05, 0) is 25.3 Å². The van der Waals surface area contributed by atoms with Crippen LogP contribution in [0.5, 0.6) is 0 Å². The summed E-state index contributed by atoms with van der Waals surface area (Å²) >= 11 is 1.73. The van der Waals surface area contributed by atoms with Crippen molar-refractivity contribution in [3.05, 3.63) is 18.0 Å². The van der Waals surface area contributed by atoms with E-state index in [1.165, 1.54) is 0 Å². The van der Waals surface area contributed by atoms with Gasteiger partial charge in [-0.25, -0.2) is 13.1 Å². The van der Waals surface area contributed by atoms with E-state index in [0.29, 0.717) is 11.4 Å². The lowest BCUT2D eigenvalue weighted by atomic mass is 10.4. The molecule has 0 radical (unpaired) electrons. The van der Waals surface area contributed by atoms with Crippen LogP contribution in [0, 0.1) is 0 Å². The van der Waals surface area contributed by atoms with Crippen molar-refractivity contribution in [2.24, 2.45) is 7.05 Å². The van der Waals surface area contributed by atoms with Crippen LogP contribution in [0.2, 0.25) is 0 Å². The summed E-state index contributed by atoms with van der Waals surface area (Å²) in [7, 11) is -1.57. The van der Waals surface area contributed by atoms with Gasteiger partial charge in [-0.15, -0.1) is 0 Å². The molecule has 0 fully saturated rings. The maximum absolute atomic E-state index is 12.3. The van der Waals surface area contributed by atoms with Gasteiger partial charge in [0.2, 0.25) is 10.0 Å². The molecule has 0 saturated carbocycles. The number of aryl methyl sites for hydroxylation is 1. The Bertz CT molecular complexity index is 512. The second-order valence-corrected chi connectivity index (χ2v) is 7.77. The first-order valence-electron chi connectivity index (χ1n) is 6.86. The van der Waals surface area contributed by atoms with Crippen molar-refractivity contribution in [2.75, 3.05) is 18.1 Å². The minimum Gasteiger partial charge on any atom is -0.352 e. The van der Waals surface area contributed by atoms with E-state index in [2.05, 4.69) is 17.0 Å². The number of nitrogens with zero attached hydrogens (tertiary/aromatic N) is 1. The molecule has 0 spiro atoms. The van der Waals surface area contributed by atoms with E-state index in [4.69, 9.17) is 0 Å². The summed E-state index contributed by atoms with van der Waals surface area (Å²) in [5.41, 5.74) is 0.961. The maximum atomic E-state index is 12.3. The zero-order valence-electron chi connectivity index (χ0n) is 12.6. The molecule has 0 aromatic carbocycles. The Hall–Kier alpha value is -0.500. The van der Waals surface area contributed by atoms with Crippen LogP contribution in [-0.4, -0.2) is 37.1 Å². The third-order valence-corrected chi connectivity index (χ3v) is 5.58. The lowest BCUT2D eigenvalue weighted by Gasteiger charge is -2.12. The van der Waals surface area contributed by atoms with E-state index in [1.807, 2.05) is 25.5 Å². The summed E-state index contributed by atoms with van der Waals surface area (Å²) in [6.07, 6.45) is 1.66. The Morgan fingerprint density at radius 2 is 2.10 bits per heavy atom. The standard InChI is InChI=1S/C13H25N3O2S2/c1-5-14-8-12-7-13(9-16(12)4)20(17,18)15-11(3)10-19-6-2/h7,9,11,14-15H,5-6,8,10H2,1-4H3. The molecule has 20 heavy (non-hydrogen) atoms. The van der Waals surface area contributed by atoms with Crippen molar-refractivity contribution < 1.29 is 8.42 Å². The predicted molar refractivity (Wildman–Crippen MR) is 85.6 cm³/mol. The summed E-state index contributed by atoms with van der Waals surface area (Å²) < 4.78 is 29.2. The largest absolute Gasteiger partial charge is 0.352 e. The molecule has 0 amide bonds. The molecule has 0 aliphatic carbocycles. The van der Waals surface area contributed by atoms with Crippen molar-refractivity contribution in [1.82, 2.24) is 14.6 Å². The average molecular weight is 319 g/mol. The number of sulfonamides is 1. The molecule has 1 rings (SSSR count). The molecule has 1 heterocycles. The van der Waals surface area contributed by atoms with Crippen molar-refractivity contribution in [3.63, 3.8) is 0 Å². The van der Waals surface area contributed by atoms with Crippen LogP contribution in [0.1, 0.15) is 26.5 Å². The highest BCUT2D eigenvalue weighted by Gasteiger charge is 2.19. The molecule has 1 unspecified atom stereocenters. The molecular formula is C13H25N3O2S2. The Kier molecular flexibility index (Phi) is 7.08. The molecule has 1 atom stereocenters. The first-order valence-corrected chi connectivity index (χ1v) is 9.50. The van der Waals surface area contributed by atoms with E-state index in [9.17, 15) is 8.42 Å². The zero-order chi connectivity index (χ0) is 15.2. The summed E-state index contributed by atoms with van der Waals surface area (Å²) in [5.74, 6) is 1.77. The fraction of sp³-hybridized carbons (Fsp3) is 0.692. The average Bonchev–Trinajstić information content (AvgIpc) is 2.75. The third-order valence-electron chi connectivity index (χ3n) is 2.88. The smallest absolute Gasteiger partial charge is 0.242 e. The quantitative estimate of drug-likeness (QED) is 0.725. The minimum atomic E-state index is -3.43. The monoisotopic (exact) mass is 319 g/mol. The third kappa shape index (κ3) is 5.12. The lowest BCUT2D eigenvalue weighted by molar-refractivity contribution is 0.571. The normalized spacial score (nSPS) is 13.6. The first kappa shape index (κ1) is 17.6. The van der Waals surface area contributed by atoms with E-state index < -0.39 is 10.0 Å². The fourth-order valence-electron chi connectivity index (χ4n) is 1.81. The van der Waals surface area contributed by atoms with E-state index >= 15 is 0 Å². The first-order chi connectivity index (χ1) is 9.40. The molecule has 1 aromatic rings. The van der Waals surface area contributed by atoms with Crippen LogP contribution in [0.15, 0.2) is 17.2 Å². The molecule has 0 saturated heterocycles. The lowest BCUT2D eigenvalue weighted by Crippen LogP contribution is -2.34. The summed E-state index contributed by atoms with van der Waals surface area (Å²) in [4.78, 5) is 0.334. The molecule has 5 nitrogen and oxygen atoms in total. The molecule has 1 aromatic heterocycles. The number of nitrogens with one attached hydrogen (secondary N) is 2. The van der Waals surface area contributed by atoms with Crippen molar-refractivity contribution in [2.45, 2.75) is 38.3 Å². The predicted octanol–water partition coefficient (Wildman–Crippen LogP) is 1.55. The van der Waals surface area contributed by atoms with Crippen molar-refractivity contribution in [3.8, 4) is 0 Å². The van der Waals surface area contributed by atoms with E-state index in [-0.39, 0.29) is 6.04 Å². The molecule has 7 heteroatoms. The summed E-state index contributed by atoms with van der Waals surface area (Å²) in [6, 6.07) is 1.66. The zero-order valence-corrected chi connectivity index (χ0v) is 14.3. The van der Waals surface area contributed by atoms with Gasteiger partial charge in [0.15, 0.2) is 0 Å². The highest BCUT2D eigenvalue weighted by atomic mass is 32.2. The fourth-order valence-corrected chi connectivity index (χ4v) is 3.93. The van der Waals surface area contributed by atoms with Gasteiger partial charge in [0.25, 0.3) is 0 Å². The van der Waals surface area contributed by atoms with Crippen LogP contribution in [0.3, 0.4) is 0 Å². The van der Waals surface area contributed by atoms with Gasteiger partial charge in [0, 0.05) is 37.3 Å². The number of thioether (sulfide) groups is 1. The highest BCUT2D eigenvalue weighted by molar-refractivity contribution is 7.99. The van der Waals surface area contributed by atoms with Crippen molar-refractivity contribution in [1.29, 1.82) is 0 Å². The van der Waals surface area contributed by atoms with E-state index in [1.54, 1.807) is 24.0 Å². The minimum absolute atomic E-state index is 0.0672. The van der Waals surface area contributed by atoms with Crippen LogP contribution in [-0.2, 0) is 23.6 Å². The van der Waals surface area contributed by atoms with E-state index in [0.717, 1.165) is 23.7 Å². The van der Waals surface area contributed by atoms with Crippen LogP contribution >= 0.6 is 11.8 Å².